The molecule has 6 nitrogen and oxygen atoms in total. The molecule has 1 aliphatic rings. The maximum Gasteiger partial charge on any atom is 0.336 e. The van der Waals surface area contributed by atoms with Crippen LogP contribution in [0.4, 0.5) is 0 Å². The summed E-state index contributed by atoms with van der Waals surface area (Å²) >= 11 is 0. The first kappa shape index (κ1) is 15.0. The quantitative estimate of drug-likeness (QED) is 0.725. The van der Waals surface area contributed by atoms with Crippen molar-refractivity contribution in [3.05, 3.63) is 29.3 Å². The van der Waals surface area contributed by atoms with Gasteiger partial charge >= 0.3 is 5.97 Å². The van der Waals surface area contributed by atoms with Crippen LogP contribution >= 0.6 is 0 Å². The average Bonchev–Trinajstić information content (AvgIpc) is 2.83. The van der Waals surface area contributed by atoms with Crippen LogP contribution in [-0.2, 0) is 27.7 Å². The molecule has 1 aromatic rings. The lowest BCUT2D eigenvalue weighted by Crippen LogP contribution is -2.46. The van der Waals surface area contributed by atoms with Crippen LogP contribution in [0.5, 0.6) is 0 Å². The number of aliphatic hydroxyl groups is 1. The zero-order valence-electron chi connectivity index (χ0n) is 11.1. The highest BCUT2D eigenvalue weighted by Gasteiger charge is 2.32. The van der Waals surface area contributed by atoms with E-state index in [0.717, 1.165) is 37.3 Å². The van der Waals surface area contributed by atoms with Crippen molar-refractivity contribution >= 4 is 16.0 Å². The SMILES string of the molecule is CC(O)(CNS(=O)(=O)c1ccc2c(c1)CCC2)C(=O)O. The standard InChI is InChI=1S/C13H17NO5S/c1-13(17,12(15)16)8-14-20(18,19)11-6-5-9-3-2-4-10(9)7-11/h5-7,14,17H,2-4,8H2,1H3,(H,15,16). The zero-order valence-corrected chi connectivity index (χ0v) is 11.9. The van der Waals surface area contributed by atoms with Crippen LogP contribution in [0.2, 0.25) is 0 Å². The minimum atomic E-state index is -3.82. The Labute approximate surface area is 117 Å². The Balaban J connectivity index is 2.17. The molecule has 1 aromatic carbocycles. The second-order valence-electron chi connectivity index (χ2n) is 5.19. The number of fused-ring (bicyclic) bond motifs is 1. The summed E-state index contributed by atoms with van der Waals surface area (Å²) in [5.74, 6) is -1.48. The lowest BCUT2D eigenvalue weighted by atomic mass is 10.1. The molecule has 0 bridgehead atoms. The number of carboxylic acid groups (broad SMARTS) is 1. The molecule has 3 N–H and O–H groups in total. The summed E-state index contributed by atoms with van der Waals surface area (Å²) in [5.41, 5.74) is 0.0309. The highest BCUT2D eigenvalue weighted by atomic mass is 32.2. The van der Waals surface area contributed by atoms with Gasteiger partial charge in [-0.15, -0.1) is 0 Å². The van der Waals surface area contributed by atoms with E-state index in [9.17, 15) is 18.3 Å². The maximum atomic E-state index is 12.1. The van der Waals surface area contributed by atoms with Crippen LogP contribution in [0.1, 0.15) is 24.5 Å². The van der Waals surface area contributed by atoms with Crippen LogP contribution in [0, 0.1) is 0 Å². The Hall–Kier alpha value is -1.44. The first-order chi connectivity index (χ1) is 9.22. The van der Waals surface area contributed by atoms with Crippen molar-refractivity contribution in [2.45, 2.75) is 36.7 Å². The van der Waals surface area contributed by atoms with E-state index in [4.69, 9.17) is 5.11 Å². The topological polar surface area (TPSA) is 104 Å². The predicted octanol–water partition coefficient (Wildman–Crippen LogP) is 0.289. The Morgan fingerprint density at radius 2 is 2.00 bits per heavy atom. The third kappa shape index (κ3) is 3.00. The first-order valence-electron chi connectivity index (χ1n) is 6.30. The fraction of sp³-hybridized carbons (Fsp3) is 0.462. The lowest BCUT2D eigenvalue weighted by Gasteiger charge is -2.18. The molecule has 7 heteroatoms. The monoisotopic (exact) mass is 299 g/mol. The number of benzene rings is 1. The van der Waals surface area contributed by atoms with Gasteiger partial charge in [0.15, 0.2) is 5.60 Å². The lowest BCUT2D eigenvalue weighted by molar-refractivity contribution is -0.155. The summed E-state index contributed by atoms with van der Waals surface area (Å²) < 4.78 is 26.3. The Bertz CT molecular complexity index is 636. The van der Waals surface area contributed by atoms with E-state index < -0.39 is 28.1 Å². The Morgan fingerprint density at radius 1 is 1.35 bits per heavy atom. The number of carboxylic acids is 1. The highest BCUT2D eigenvalue weighted by Crippen LogP contribution is 2.24. The van der Waals surface area contributed by atoms with Crippen molar-refractivity contribution in [2.75, 3.05) is 6.54 Å². The smallest absolute Gasteiger partial charge is 0.336 e. The third-order valence-electron chi connectivity index (χ3n) is 3.45. The molecule has 0 fully saturated rings. The van der Waals surface area contributed by atoms with E-state index in [-0.39, 0.29) is 4.90 Å². The molecule has 20 heavy (non-hydrogen) atoms. The predicted molar refractivity (Wildman–Crippen MR) is 71.9 cm³/mol. The minimum absolute atomic E-state index is 0.0966. The van der Waals surface area contributed by atoms with Crippen LogP contribution < -0.4 is 4.72 Å². The summed E-state index contributed by atoms with van der Waals surface area (Å²) in [4.78, 5) is 10.8. The first-order valence-corrected chi connectivity index (χ1v) is 7.78. The molecule has 1 unspecified atom stereocenters. The minimum Gasteiger partial charge on any atom is -0.479 e. The van der Waals surface area contributed by atoms with Gasteiger partial charge in [0.2, 0.25) is 10.0 Å². The molecule has 1 atom stereocenters. The Kier molecular flexibility index (Phi) is 3.86. The molecule has 2 rings (SSSR count). The van der Waals surface area contributed by atoms with Gasteiger partial charge in [-0.25, -0.2) is 17.9 Å². The molecule has 0 amide bonds. The van der Waals surface area contributed by atoms with E-state index in [1.54, 1.807) is 12.1 Å². The second-order valence-corrected chi connectivity index (χ2v) is 6.95. The highest BCUT2D eigenvalue weighted by molar-refractivity contribution is 7.89. The molecule has 0 heterocycles. The van der Waals surface area contributed by atoms with Crippen molar-refractivity contribution in [2.24, 2.45) is 0 Å². The van der Waals surface area contributed by atoms with Gasteiger partial charge in [-0.3, -0.25) is 0 Å². The maximum absolute atomic E-state index is 12.1. The number of nitrogens with one attached hydrogen (secondary N) is 1. The molecular weight excluding hydrogens is 282 g/mol. The molecule has 0 aromatic heterocycles. The van der Waals surface area contributed by atoms with Crippen molar-refractivity contribution < 1.29 is 23.4 Å². The summed E-state index contributed by atoms with van der Waals surface area (Å²) in [5, 5.41) is 18.3. The molecule has 110 valence electrons. The van der Waals surface area contributed by atoms with E-state index >= 15 is 0 Å². The number of rotatable bonds is 5. The van der Waals surface area contributed by atoms with Crippen LogP contribution in [0.25, 0.3) is 0 Å². The van der Waals surface area contributed by atoms with Crippen molar-refractivity contribution in [1.29, 1.82) is 0 Å². The van der Waals surface area contributed by atoms with Crippen LogP contribution in [0.3, 0.4) is 0 Å². The summed E-state index contributed by atoms with van der Waals surface area (Å²) in [6.45, 7) is 0.461. The fourth-order valence-electron chi connectivity index (χ4n) is 2.11. The van der Waals surface area contributed by atoms with Gasteiger partial charge in [-0.2, -0.15) is 0 Å². The van der Waals surface area contributed by atoms with Gasteiger partial charge in [0.25, 0.3) is 0 Å². The van der Waals surface area contributed by atoms with E-state index in [2.05, 4.69) is 4.72 Å². The number of hydrogen-bond donors (Lipinski definition) is 3. The van der Waals surface area contributed by atoms with Crippen LogP contribution in [-0.4, -0.2) is 36.7 Å². The molecular formula is C13H17NO5S. The summed E-state index contributed by atoms with van der Waals surface area (Å²) in [7, 11) is -3.82. The molecule has 0 saturated heterocycles. The number of sulfonamides is 1. The largest absolute Gasteiger partial charge is 0.479 e. The summed E-state index contributed by atoms with van der Waals surface area (Å²) in [6, 6.07) is 4.90. The molecule has 0 radical (unpaired) electrons. The van der Waals surface area contributed by atoms with Gasteiger partial charge in [-0.05, 0) is 49.4 Å². The van der Waals surface area contributed by atoms with Gasteiger partial charge in [0.05, 0.1) is 11.4 Å². The number of aliphatic carboxylic acids is 1. The normalized spacial score (nSPS) is 17.5. The summed E-state index contributed by atoms with van der Waals surface area (Å²) in [6.07, 6.45) is 2.82. The third-order valence-corrected chi connectivity index (χ3v) is 4.85. The molecule has 0 saturated carbocycles. The fourth-order valence-corrected chi connectivity index (χ4v) is 3.29. The van der Waals surface area contributed by atoms with Gasteiger partial charge in [0, 0.05) is 0 Å². The van der Waals surface area contributed by atoms with Crippen molar-refractivity contribution in [1.82, 2.24) is 4.72 Å². The van der Waals surface area contributed by atoms with Gasteiger partial charge in [-0.1, -0.05) is 6.07 Å². The zero-order chi connectivity index (χ0) is 15.0. The van der Waals surface area contributed by atoms with Crippen molar-refractivity contribution in [3.63, 3.8) is 0 Å². The van der Waals surface area contributed by atoms with Gasteiger partial charge < -0.3 is 10.2 Å². The van der Waals surface area contributed by atoms with E-state index in [0.29, 0.717) is 0 Å². The second kappa shape index (κ2) is 5.16. The molecule has 0 aliphatic heterocycles. The molecule has 0 spiro atoms. The number of hydrogen-bond acceptors (Lipinski definition) is 4. The Morgan fingerprint density at radius 3 is 2.65 bits per heavy atom. The van der Waals surface area contributed by atoms with E-state index in [1.165, 1.54) is 6.07 Å². The van der Waals surface area contributed by atoms with Crippen molar-refractivity contribution in [3.8, 4) is 0 Å². The molecule has 1 aliphatic carbocycles. The van der Waals surface area contributed by atoms with Gasteiger partial charge in [0.1, 0.15) is 0 Å². The number of carbonyl (C=O) groups is 1. The van der Waals surface area contributed by atoms with E-state index in [1.807, 2.05) is 0 Å². The number of aryl methyl sites for hydroxylation is 2. The average molecular weight is 299 g/mol. The van der Waals surface area contributed by atoms with Crippen LogP contribution in [0.15, 0.2) is 23.1 Å².